The van der Waals surface area contributed by atoms with E-state index in [1.807, 2.05) is 12.1 Å². The molecule has 0 saturated carbocycles. The van der Waals surface area contributed by atoms with Crippen molar-refractivity contribution >= 4 is 50.6 Å². The van der Waals surface area contributed by atoms with Gasteiger partial charge in [0.25, 0.3) is 0 Å². The Morgan fingerprint density at radius 1 is 1.20 bits per heavy atom. The average molecular weight is 441 g/mol. The second-order valence-corrected chi connectivity index (χ2v) is 9.50. The van der Waals surface area contributed by atoms with Crippen LogP contribution in [0.25, 0.3) is 10.1 Å². The lowest BCUT2D eigenvalue weighted by Gasteiger charge is -2.35. The summed E-state index contributed by atoms with van der Waals surface area (Å²) in [6, 6.07) is 12.5. The Balaban J connectivity index is 1.24. The third kappa shape index (κ3) is 3.80. The van der Waals surface area contributed by atoms with Gasteiger partial charge in [0.2, 0.25) is 5.91 Å². The normalized spacial score (nSPS) is 19.7. The third-order valence-corrected chi connectivity index (χ3v) is 7.26. The number of rotatable bonds is 4. The SMILES string of the molecule is CC1CC(=O)Nc2c(CCN3CCN(c4nsc5ccccc45)CC3)cc(Cl)cc21. The van der Waals surface area contributed by atoms with Crippen LogP contribution in [0, 0.1) is 0 Å². The predicted molar refractivity (Wildman–Crippen MR) is 125 cm³/mol. The Morgan fingerprint density at radius 3 is 2.83 bits per heavy atom. The zero-order valence-electron chi connectivity index (χ0n) is 17.0. The zero-order valence-corrected chi connectivity index (χ0v) is 18.6. The largest absolute Gasteiger partial charge is 0.353 e. The van der Waals surface area contributed by atoms with Crippen molar-refractivity contribution in [2.45, 2.75) is 25.7 Å². The highest BCUT2D eigenvalue weighted by atomic mass is 35.5. The maximum absolute atomic E-state index is 12.1. The van der Waals surface area contributed by atoms with Gasteiger partial charge < -0.3 is 10.2 Å². The van der Waals surface area contributed by atoms with Gasteiger partial charge in [-0.3, -0.25) is 9.69 Å². The van der Waals surface area contributed by atoms with Gasteiger partial charge in [0.1, 0.15) is 5.82 Å². The molecule has 0 aliphatic carbocycles. The first-order valence-corrected chi connectivity index (χ1v) is 11.7. The second kappa shape index (κ2) is 8.17. The number of fused-ring (bicyclic) bond motifs is 2. The lowest BCUT2D eigenvalue weighted by Crippen LogP contribution is -2.47. The first kappa shape index (κ1) is 19.8. The van der Waals surface area contributed by atoms with Gasteiger partial charge in [-0.2, -0.15) is 4.37 Å². The Kier molecular flexibility index (Phi) is 5.39. The summed E-state index contributed by atoms with van der Waals surface area (Å²) in [6.45, 7) is 7.04. The molecule has 1 N–H and O–H groups in total. The number of hydrogen-bond donors (Lipinski definition) is 1. The highest BCUT2D eigenvalue weighted by molar-refractivity contribution is 7.13. The quantitative estimate of drug-likeness (QED) is 0.635. The molecule has 2 aromatic carbocycles. The van der Waals surface area contributed by atoms with Crippen LogP contribution in [0.15, 0.2) is 36.4 Å². The van der Waals surface area contributed by atoms with E-state index in [0.29, 0.717) is 6.42 Å². The molecule has 0 spiro atoms. The van der Waals surface area contributed by atoms with Crippen molar-refractivity contribution in [3.05, 3.63) is 52.5 Å². The van der Waals surface area contributed by atoms with Crippen LogP contribution in [0.4, 0.5) is 11.5 Å². The van der Waals surface area contributed by atoms with Gasteiger partial charge in [-0.05, 0) is 59.3 Å². The Morgan fingerprint density at radius 2 is 2.00 bits per heavy atom. The summed E-state index contributed by atoms with van der Waals surface area (Å²) in [4.78, 5) is 16.9. The van der Waals surface area contributed by atoms with E-state index < -0.39 is 0 Å². The number of carbonyl (C=O) groups excluding carboxylic acids is 1. The van der Waals surface area contributed by atoms with E-state index >= 15 is 0 Å². The van der Waals surface area contributed by atoms with Gasteiger partial charge >= 0.3 is 0 Å². The maximum atomic E-state index is 12.1. The molecule has 30 heavy (non-hydrogen) atoms. The van der Waals surface area contributed by atoms with Crippen LogP contribution in [0.2, 0.25) is 5.02 Å². The fraction of sp³-hybridized carbons (Fsp3) is 0.391. The molecule has 3 aromatic rings. The molecule has 1 amide bonds. The van der Waals surface area contributed by atoms with E-state index in [1.54, 1.807) is 11.5 Å². The molecule has 1 aromatic heterocycles. The van der Waals surface area contributed by atoms with Crippen LogP contribution in [0.3, 0.4) is 0 Å². The van der Waals surface area contributed by atoms with Crippen molar-refractivity contribution in [2.24, 2.45) is 0 Å². The van der Waals surface area contributed by atoms with Crippen molar-refractivity contribution in [2.75, 3.05) is 42.9 Å². The lowest BCUT2D eigenvalue weighted by atomic mass is 9.89. The molecule has 0 radical (unpaired) electrons. The van der Waals surface area contributed by atoms with Crippen LogP contribution in [-0.4, -0.2) is 47.9 Å². The number of benzene rings is 2. The summed E-state index contributed by atoms with van der Waals surface area (Å²) in [7, 11) is 0. The highest BCUT2D eigenvalue weighted by Crippen LogP contribution is 2.37. The number of carbonyl (C=O) groups is 1. The van der Waals surface area contributed by atoms with Crippen LogP contribution in [-0.2, 0) is 11.2 Å². The number of anilines is 2. The van der Waals surface area contributed by atoms with E-state index in [1.165, 1.54) is 10.1 Å². The second-order valence-electron chi connectivity index (χ2n) is 8.26. The number of hydrogen-bond acceptors (Lipinski definition) is 5. The number of nitrogens with zero attached hydrogens (tertiary/aromatic N) is 3. The molecule has 5 nitrogen and oxygen atoms in total. The van der Waals surface area contributed by atoms with Crippen molar-refractivity contribution in [1.29, 1.82) is 0 Å². The molecule has 5 rings (SSSR count). The van der Waals surface area contributed by atoms with Crippen LogP contribution in [0.1, 0.15) is 30.4 Å². The molecule has 0 bridgehead atoms. The number of nitrogens with one attached hydrogen (secondary N) is 1. The van der Waals surface area contributed by atoms with Gasteiger partial charge in [0.05, 0.1) is 4.70 Å². The molecule has 1 saturated heterocycles. The molecule has 1 atom stereocenters. The van der Waals surface area contributed by atoms with Crippen LogP contribution >= 0.6 is 23.1 Å². The summed E-state index contributed by atoms with van der Waals surface area (Å²) in [5, 5.41) is 5.10. The first-order valence-electron chi connectivity index (χ1n) is 10.5. The van der Waals surface area contributed by atoms with E-state index in [2.05, 4.69) is 46.3 Å². The molecular weight excluding hydrogens is 416 g/mol. The monoisotopic (exact) mass is 440 g/mol. The first-order chi connectivity index (χ1) is 14.6. The number of amides is 1. The number of halogens is 1. The van der Waals surface area contributed by atoms with Crippen molar-refractivity contribution in [1.82, 2.24) is 9.27 Å². The van der Waals surface area contributed by atoms with Gasteiger partial charge in [-0.15, -0.1) is 0 Å². The summed E-state index contributed by atoms with van der Waals surface area (Å²) >= 11 is 7.97. The number of aromatic nitrogens is 1. The van der Waals surface area contributed by atoms with Gasteiger partial charge in [0, 0.05) is 55.2 Å². The minimum atomic E-state index is 0.0997. The molecular formula is C23H25ClN4OS. The molecule has 7 heteroatoms. The molecule has 2 aliphatic heterocycles. The minimum absolute atomic E-state index is 0.0997. The van der Waals surface area contributed by atoms with Crippen molar-refractivity contribution in [3.8, 4) is 0 Å². The molecule has 3 heterocycles. The summed E-state index contributed by atoms with van der Waals surface area (Å²) in [5.74, 6) is 1.43. The van der Waals surface area contributed by atoms with E-state index in [-0.39, 0.29) is 11.8 Å². The Labute approximate surface area is 185 Å². The average Bonchev–Trinajstić information content (AvgIpc) is 3.17. The third-order valence-electron chi connectivity index (χ3n) is 6.23. The maximum Gasteiger partial charge on any atom is 0.224 e. The standard InChI is InChI=1S/C23H25ClN4OS/c1-15-12-21(29)25-22-16(13-17(24)14-19(15)22)6-7-27-8-10-28(11-9-27)23-18-4-2-3-5-20(18)30-26-23/h2-5,13-15H,6-12H2,1H3,(H,25,29). The zero-order chi connectivity index (χ0) is 20.7. The van der Waals surface area contributed by atoms with Gasteiger partial charge in [-0.25, -0.2) is 0 Å². The lowest BCUT2D eigenvalue weighted by molar-refractivity contribution is -0.116. The van der Waals surface area contributed by atoms with Crippen LogP contribution < -0.4 is 10.2 Å². The summed E-state index contributed by atoms with van der Waals surface area (Å²) in [6.07, 6.45) is 1.41. The Hall–Kier alpha value is -2.15. The molecule has 1 fully saturated rings. The molecule has 156 valence electrons. The fourth-order valence-electron chi connectivity index (χ4n) is 4.57. The van der Waals surface area contributed by atoms with Crippen molar-refractivity contribution < 1.29 is 4.79 Å². The van der Waals surface area contributed by atoms with Gasteiger partial charge in [0.15, 0.2) is 0 Å². The molecule has 1 unspecified atom stereocenters. The minimum Gasteiger partial charge on any atom is -0.353 e. The smallest absolute Gasteiger partial charge is 0.224 e. The van der Waals surface area contributed by atoms with Crippen LogP contribution in [0.5, 0.6) is 0 Å². The van der Waals surface area contributed by atoms with E-state index in [0.717, 1.165) is 66.8 Å². The number of piperazine rings is 1. The van der Waals surface area contributed by atoms with Crippen molar-refractivity contribution in [3.63, 3.8) is 0 Å². The Bertz CT molecular complexity index is 1090. The molecule has 2 aliphatic rings. The predicted octanol–water partition coefficient (Wildman–Crippen LogP) is 4.76. The van der Waals surface area contributed by atoms with E-state index in [4.69, 9.17) is 16.0 Å². The van der Waals surface area contributed by atoms with E-state index in [9.17, 15) is 4.79 Å². The summed E-state index contributed by atoms with van der Waals surface area (Å²) < 4.78 is 5.95. The highest BCUT2D eigenvalue weighted by Gasteiger charge is 2.25. The summed E-state index contributed by atoms with van der Waals surface area (Å²) in [5.41, 5.74) is 3.29. The van der Waals surface area contributed by atoms with Gasteiger partial charge in [-0.1, -0.05) is 30.7 Å². The topological polar surface area (TPSA) is 48.5 Å². The fourth-order valence-corrected chi connectivity index (χ4v) is 5.61.